The number of hydrogen-bond acceptors (Lipinski definition) is 4. The zero-order valence-electron chi connectivity index (χ0n) is 15.4. The second kappa shape index (κ2) is 7.27. The van der Waals surface area contributed by atoms with Crippen LogP contribution in [0.5, 0.6) is 5.75 Å². The summed E-state index contributed by atoms with van der Waals surface area (Å²) in [5, 5.41) is 0. The van der Waals surface area contributed by atoms with Crippen LogP contribution in [0.15, 0.2) is 24.3 Å². The van der Waals surface area contributed by atoms with Crippen LogP contribution in [0.25, 0.3) is 0 Å². The molecule has 3 heterocycles. The molecule has 2 amide bonds. The van der Waals surface area contributed by atoms with Crippen molar-refractivity contribution in [1.29, 1.82) is 0 Å². The molecule has 0 N–H and O–H groups in total. The Kier molecular flexibility index (Phi) is 4.85. The summed E-state index contributed by atoms with van der Waals surface area (Å²) in [6.07, 6.45) is 3.56. The van der Waals surface area contributed by atoms with Gasteiger partial charge in [-0.1, -0.05) is 12.1 Å². The van der Waals surface area contributed by atoms with Gasteiger partial charge in [0.2, 0.25) is 5.91 Å². The van der Waals surface area contributed by atoms with Crippen LogP contribution in [-0.4, -0.2) is 68.0 Å². The third-order valence-electron chi connectivity index (χ3n) is 6.11. The number of anilines is 1. The van der Waals surface area contributed by atoms with E-state index < -0.39 is 0 Å². The lowest BCUT2D eigenvalue weighted by Crippen LogP contribution is -2.46. The molecule has 2 saturated heterocycles. The first-order chi connectivity index (χ1) is 12.6. The minimum absolute atomic E-state index is 0.00249. The number of benzene rings is 1. The number of likely N-dealkylation sites (tertiary alicyclic amines) is 2. The maximum Gasteiger partial charge on any atom is 0.265 e. The third kappa shape index (κ3) is 3.43. The lowest BCUT2D eigenvalue weighted by Gasteiger charge is -2.33. The number of carbonyl (C=O) groups is 2. The number of amides is 2. The smallest absolute Gasteiger partial charge is 0.265 e. The predicted octanol–water partition coefficient (Wildman–Crippen LogP) is 1.60. The van der Waals surface area contributed by atoms with E-state index in [1.54, 1.807) is 4.90 Å². The van der Waals surface area contributed by atoms with Crippen LogP contribution < -0.4 is 9.64 Å². The second-order valence-electron chi connectivity index (χ2n) is 7.77. The first-order valence-electron chi connectivity index (χ1n) is 9.60. The van der Waals surface area contributed by atoms with Crippen molar-refractivity contribution in [3.8, 4) is 5.75 Å². The van der Waals surface area contributed by atoms with Crippen molar-refractivity contribution in [1.82, 2.24) is 9.80 Å². The van der Waals surface area contributed by atoms with Crippen molar-refractivity contribution in [3.05, 3.63) is 24.3 Å². The first-order valence-corrected chi connectivity index (χ1v) is 9.60. The Hall–Kier alpha value is -2.08. The van der Waals surface area contributed by atoms with Gasteiger partial charge in [0, 0.05) is 13.1 Å². The van der Waals surface area contributed by atoms with Gasteiger partial charge in [0.05, 0.1) is 5.69 Å². The van der Waals surface area contributed by atoms with Crippen molar-refractivity contribution in [2.45, 2.75) is 19.3 Å². The molecule has 1 aromatic rings. The van der Waals surface area contributed by atoms with Gasteiger partial charge in [0.1, 0.15) is 12.3 Å². The highest BCUT2D eigenvalue weighted by atomic mass is 16.5. The molecule has 0 aromatic heterocycles. The lowest BCUT2D eigenvalue weighted by molar-refractivity contribution is -0.131. The molecular weight excluding hydrogens is 330 g/mol. The number of piperidine rings is 1. The SMILES string of the molecule is CN1CCC(C2CCN(C(=O)CN3C(=O)COc4ccccc43)C2)CC1. The molecule has 0 aliphatic carbocycles. The molecule has 3 aliphatic rings. The highest BCUT2D eigenvalue weighted by Crippen LogP contribution is 2.33. The topological polar surface area (TPSA) is 53.1 Å². The number of carbonyl (C=O) groups excluding carboxylic acids is 2. The van der Waals surface area contributed by atoms with Crippen LogP contribution in [0.3, 0.4) is 0 Å². The van der Waals surface area contributed by atoms with Gasteiger partial charge in [-0.15, -0.1) is 0 Å². The van der Waals surface area contributed by atoms with E-state index in [-0.39, 0.29) is 25.0 Å². The molecule has 6 heteroatoms. The molecule has 3 aliphatic heterocycles. The third-order valence-corrected chi connectivity index (χ3v) is 6.11. The summed E-state index contributed by atoms with van der Waals surface area (Å²) in [5.74, 6) is 1.91. The zero-order valence-corrected chi connectivity index (χ0v) is 15.4. The lowest BCUT2D eigenvalue weighted by atomic mass is 9.84. The Bertz CT molecular complexity index is 685. The molecule has 0 radical (unpaired) electrons. The maximum atomic E-state index is 12.8. The minimum atomic E-state index is -0.150. The Morgan fingerprint density at radius 1 is 1.12 bits per heavy atom. The van der Waals surface area contributed by atoms with Crippen molar-refractivity contribution >= 4 is 17.5 Å². The van der Waals surface area contributed by atoms with Crippen molar-refractivity contribution in [2.24, 2.45) is 11.8 Å². The molecule has 0 spiro atoms. The Labute approximate surface area is 154 Å². The van der Waals surface area contributed by atoms with Gasteiger partial charge in [-0.3, -0.25) is 14.5 Å². The second-order valence-corrected chi connectivity index (χ2v) is 7.77. The van der Waals surface area contributed by atoms with Crippen LogP contribution in [0, 0.1) is 11.8 Å². The van der Waals surface area contributed by atoms with Gasteiger partial charge >= 0.3 is 0 Å². The average molecular weight is 357 g/mol. The zero-order chi connectivity index (χ0) is 18.1. The van der Waals surface area contributed by atoms with Crippen LogP contribution in [-0.2, 0) is 9.59 Å². The Balaban J connectivity index is 1.38. The molecule has 140 valence electrons. The highest BCUT2D eigenvalue weighted by Gasteiger charge is 2.35. The fourth-order valence-electron chi connectivity index (χ4n) is 4.46. The van der Waals surface area contributed by atoms with Crippen LogP contribution in [0.2, 0.25) is 0 Å². The number of hydrogen-bond donors (Lipinski definition) is 0. The summed E-state index contributed by atoms with van der Waals surface area (Å²) in [4.78, 5) is 31.0. The number of nitrogens with zero attached hydrogens (tertiary/aromatic N) is 3. The summed E-state index contributed by atoms with van der Waals surface area (Å²) in [5.41, 5.74) is 0.697. The standard InChI is InChI=1S/C20H27N3O3/c1-21-9-6-15(7-10-21)16-8-11-22(12-16)19(24)13-23-17-4-2-3-5-18(17)26-14-20(23)25/h2-5,15-16H,6-14H2,1H3. The highest BCUT2D eigenvalue weighted by molar-refractivity contribution is 6.02. The van der Waals surface area contributed by atoms with E-state index in [1.165, 1.54) is 12.8 Å². The van der Waals surface area contributed by atoms with Gasteiger partial charge in [-0.25, -0.2) is 0 Å². The molecule has 0 bridgehead atoms. The number of ether oxygens (including phenoxy) is 1. The van der Waals surface area contributed by atoms with E-state index in [9.17, 15) is 9.59 Å². The van der Waals surface area contributed by atoms with Crippen LogP contribution >= 0.6 is 0 Å². The summed E-state index contributed by atoms with van der Waals surface area (Å²) >= 11 is 0. The average Bonchev–Trinajstić information content (AvgIpc) is 3.15. The number of para-hydroxylation sites is 2. The Morgan fingerprint density at radius 3 is 2.65 bits per heavy atom. The molecule has 1 atom stereocenters. The van der Waals surface area contributed by atoms with E-state index in [1.807, 2.05) is 29.2 Å². The minimum Gasteiger partial charge on any atom is -0.482 e. The van der Waals surface area contributed by atoms with Crippen molar-refractivity contribution < 1.29 is 14.3 Å². The molecule has 0 saturated carbocycles. The van der Waals surface area contributed by atoms with Crippen LogP contribution in [0.1, 0.15) is 19.3 Å². The maximum absolute atomic E-state index is 12.8. The van der Waals surface area contributed by atoms with E-state index in [4.69, 9.17) is 4.74 Å². The predicted molar refractivity (Wildman–Crippen MR) is 99.2 cm³/mol. The van der Waals surface area contributed by atoms with Gasteiger partial charge in [0.15, 0.2) is 6.61 Å². The van der Waals surface area contributed by atoms with Crippen LogP contribution in [0.4, 0.5) is 5.69 Å². The Morgan fingerprint density at radius 2 is 1.85 bits per heavy atom. The van der Waals surface area contributed by atoms with Gasteiger partial charge in [0.25, 0.3) is 5.91 Å². The van der Waals surface area contributed by atoms with Gasteiger partial charge in [-0.2, -0.15) is 0 Å². The number of fused-ring (bicyclic) bond motifs is 1. The van der Waals surface area contributed by atoms with E-state index in [0.29, 0.717) is 17.4 Å². The normalized spacial score (nSPS) is 24.5. The largest absolute Gasteiger partial charge is 0.482 e. The molecule has 1 unspecified atom stereocenters. The van der Waals surface area contributed by atoms with Crippen molar-refractivity contribution in [3.63, 3.8) is 0 Å². The summed E-state index contributed by atoms with van der Waals surface area (Å²) < 4.78 is 5.46. The quantitative estimate of drug-likeness (QED) is 0.825. The molecule has 26 heavy (non-hydrogen) atoms. The van der Waals surface area contributed by atoms with Gasteiger partial charge < -0.3 is 14.5 Å². The first kappa shape index (κ1) is 17.3. The fraction of sp³-hybridized carbons (Fsp3) is 0.600. The monoisotopic (exact) mass is 357 g/mol. The molecular formula is C20H27N3O3. The fourth-order valence-corrected chi connectivity index (χ4v) is 4.46. The number of rotatable bonds is 3. The van der Waals surface area contributed by atoms with Crippen molar-refractivity contribution in [2.75, 3.05) is 51.3 Å². The van der Waals surface area contributed by atoms with E-state index in [0.717, 1.165) is 38.5 Å². The van der Waals surface area contributed by atoms with E-state index in [2.05, 4.69) is 11.9 Å². The molecule has 2 fully saturated rings. The molecule has 4 rings (SSSR count). The summed E-state index contributed by atoms with van der Waals surface area (Å²) in [7, 11) is 2.18. The molecule has 6 nitrogen and oxygen atoms in total. The molecule has 1 aromatic carbocycles. The summed E-state index contributed by atoms with van der Waals surface area (Å²) in [6, 6.07) is 7.42. The van der Waals surface area contributed by atoms with E-state index >= 15 is 0 Å². The van der Waals surface area contributed by atoms with Gasteiger partial charge in [-0.05, 0) is 63.4 Å². The summed E-state index contributed by atoms with van der Waals surface area (Å²) in [6.45, 7) is 4.09.